The van der Waals surface area contributed by atoms with Crippen LogP contribution >= 0.6 is 0 Å². The molecule has 3 N–H and O–H groups in total. The number of nitrogens with two attached hydrogens (primary N) is 1. The fourth-order valence-corrected chi connectivity index (χ4v) is 4.33. The van der Waals surface area contributed by atoms with Crippen LogP contribution in [0.15, 0.2) is 23.1 Å². The SMILES string of the molecule is COC(=O)c1cccc(S(=O)(=O)NC2CCC(N)CC2)c1C. The quantitative estimate of drug-likeness (QED) is 0.813. The summed E-state index contributed by atoms with van der Waals surface area (Å²) >= 11 is 0. The lowest BCUT2D eigenvalue weighted by atomic mass is 9.93. The Labute approximate surface area is 131 Å². The molecule has 0 amide bonds. The number of nitrogens with one attached hydrogen (secondary N) is 1. The Morgan fingerprint density at radius 1 is 1.27 bits per heavy atom. The third-order valence-electron chi connectivity index (χ3n) is 4.07. The topological polar surface area (TPSA) is 98.5 Å². The smallest absolute Gasteiger partial charge is 0.338 e. The van der Waals surface area contributed by atoms with Crippen molar-refractivity contribution in [3.63, 3.8) is 0 Å². The standard InChI is InChI=1S/C15H22N2O4S/c1-10-13(15(18)21-2)4-3-5-14(10)22(19,20)17-12-8-6-11(16)7-9-12/h3-5,11-12,17H,6-9,16H2,1-2H3. The molecule has 1 aromatic rings. The first-order valence-corrected chi connectivity index (χ1v) is 8.79. The number of carbonyl (C=O) groups excluding carboxylic acids is 1. The number of ether oxygens (including phenoxy) is 1. The fraction of sp³-hybridized carbons (Fsp3) is 0.533. The Kier molecular flexibility index (Phi) is 5.20. The molecule has 0 aromatic heterocycles. The summed E-state index contributed by atoms with van der Waals surface area (Å²) in [6.45, 7) is 1.61. The molecule has 0 heterocycles. The highest BCUT2D eigenvalue weighted by molar-refractivity contribution is 7.89. The Morgan fingerprint density at radius 3 is 2.50 bits per heavy atom. The summed E-state index contributed by atoms with van der Waals surface area (Å²) < 4.78 is 32.5. The molecule has 0 atom stereocenters. The Balaban J connectivity index is 2.24. The molecule has 0 spiro atoms. The van der Waals surface area contributed by atoms with E-state index in [2.05, 4.69) is 9.46 Å². The number of benzene rings is 1. The molecule has 0 bridgehead atoms. The maximum Gasteiger partial charge on any atom is 0.338 e. The van der Waals surface area contributed by atoms with E-state index in [-0.39, 0.29) is 22.5 Å². The van der Waals surface area contributed by atoms with Gasteiger partial charge in [-0.1, -0.05) is 6.07 Å². The second-order valence-corrected chi connectivity index (χ2v) is 7.34. The van der Waals surface area contributed by atoms with Gasteiger partial charge in [0.05, 0.1) is 17.6 Å². The van der Waals surface area contributed by atoms with Crippen LogP contribution in [-0.2, 0) is 14.8 Å². The van der Waals surface area contributed by atoms with Gasteiger partial charge in [-0.3, -0.25) is 0 Å². The van der Waals surface area contributed by atoms with Crippen LogP contribution in [-0.4, -0.2) is 33.6 Å². The van der Waals surface area contributed by atoms with Gasteiger partial charge >= 0.3 is 5.97 Å². The summed E-state index contributed by atoms with van der Waals surface area (Å²) in [4.78, 5) is 11.8. The first-order chi connectivity index (χ1) is 10.3. The zero-order valence-corrected chi connectivity index (χ0v) is 13.7. The minimum atomic E-state index is -3.67. The third-order valence-corrected chi connectivity index (χ3v) is 5.74. The lowest BCUT2D eigenvalue weighted by molar-refractivity contribution is 0.0599. The number of sulfonamides is 1. The summed E-state index contributed by atoms with van der Waals surface area (Å²) in [5.41, 5.74) is 6.49. The van der Waals surface area contributed by atoms with Crippen molar-refractivity contribution in [3.8, 4) is 0 Å². The van der Waals surface area contributed by atoms with Gasteiger partial charge in [0.25, 0.3) is 0 Å². The molecular weight excluding hydrogens is 304 g/mol. The molecule has 0 saturated heterocycles. The summed E-state index contributed by atoms with van der Waals surface area (Å²) in [5.74, 6) is -0.543. The second-order valence-electron chi connectivity index (χ2n) is 5.65. The molecule has 1 aliphatic rings. The second kappa shape index (κ2) is 6.76. The zero-order valence-electron chi connectivity index (χ0n) is 12.8. The molecule has 1 fully saturated rings. The van der Waals surface area contributed by atoms with Crippen molar-refractivity contribution in [2.45, 2.75) is 49.6 Å². The van der Waals surface area contributed by atoms with Crippen LogP contribution in [0, 0.1) is 6.92 Å². The van der Waals surface area contributed by atoms with Gasteiger partial charge in [0, 0.05) is 12.1 Å². The largest absolute Gasteiger partial charge is 0.465 e. The maximum atomic E-state index is 12.6. The average molecular weight is 326 g/mol. The van der Waals surface area contributed by atoms with Crippen LogP contribution in [0.25, 0.3) is 0 Å². The van der Waals surface area contributed by atoms with Crippen LogP contribution < -0.4 is 10.5 Å². The van der Waals surface area contributed by atoms with Crippen molar-refractivity contribution in [1.82, 2.24) is 4.72 Å². The monoisotopic (exact) mass is 326 g/mol. The lowest BCUT2D eigenvalue weighted by Crippen LogP contribution is -2.40. The van der Waals surface area contributed by atoms with E-state index in [0.29, 0.717) is 5.56 Å². The highest BCUT2D eigenvalue weighted by Gasteiger charge is 2.26. The van der Waals surface area contributed by atoms with E-state index in [9.17, 15) is 13.2 Å². The Morgan fingerprint density at radius 2 is 1.91 bits per heavy atom. The van der Waals surface area contributed by atoms with Crippen molar-refractivity contribution in [2.75, 3.05) is 7.11 Å². The van der Waals surface area contributed by atoms with Gasteiger partial charge in [0.15, 0.2) is 0 Å². The molecule has 122 valence electrons. The van der Waals surface area contributed by atoms with Crippen LogP contribution in [0.4, 0.5) is 0 Å². The molecule has 1 aliphatic carbocycles. The molecule has 22 heavy (non-hydrogen) atoms. The number of methoxy groups -OCH3 is 1. The predicted molar refractivity (Wildman–Crippen MR) is 83.1 cm³/mol. The van der Waals surface area contributed by atoms with E-state index in [4.69, 9.17) is 5.73 Å². The third kappa shape index (κ3) is 3.66. The van der Waals surface area contributed by atoms with E-state index < -0.39 is 16.0 Å². The first-order valence-electron chi connectivity index (χ1n) is 7.31. The van der Waals surface area contributed by atoms with E-state index >= 15 is 0 Å². The van der Waals surface area contributed by atoms with Crippen LogP contribution in [0.2, 0.25) is 0 Å². The van der Waals surface area contributed by atoms with Crippen LogP contribution in [0.1, 0.15) is 41.6 Å². The van der Waals surface area contributed by atoms with E-state index in [1.807, 2.05) is 0 Å². The summed E-state index contributed by atoms with van der Waals surface area (Å²) in [6, 6.07) is 4.65. The number of carbonyl (C=O) groups is 1. The first kappa shape index (κ1) is 16.9. The molecule has 0 radical (unpaired) electrons. The van der Waals surface area contributed by atoms with Gasteiger partial charge in [-0.05, 0) is 50.3 Å². The number of hydrogen-bond acceptors (Lipinski definition) is 5. The van der Waals surface area contributed by atoms with Crippen molar-refractivity contribution >= 4 is 16.0 Å². The van der Waals surface area contributed by atoms with E-state index in [1.165, 1.54) is 13.2 Å². The Bertz CT molecular complexity index is 650. The minimum Gasteiger partial charge on any atom is -0.465 e. The van der Waals surface area contributed by atoms with Crippen molar-refractivity contribution in [1.29, 1.82) is 0 Å². The zero-order chi connectivity index (χ0) is 16.3. The van der Waals surface area contributed by atoms with Gasteiger partial charge in [-0.25, -0.2) is 17.9 Å². The minimum absolute atomic E-state index is 0.106. The van der Waals surface area contributed by atoms with E-state index in [1.54, 1.807) is 19.1 Å². The normalized spacial score (nSPS) is 22.3. The summed E-state index contributed by atoms with van der Waals surface area (Å²) in [5, 5.41) is 0. The van der Waals surface area contributed by atoms with Crippen LogP contribution in [0.3, 0.4) is 0 Å². The van der Waals surface area contributed by atoms with Gasteiger partial charge < -0.3 is 10.5 Å². The molecule has 7 heteroatoms. The van der Waals surface area contributed by atoms with Crippen molar-refractivity contribution in [2.24, 2.45) is 5.73 Å². The van der Waals surface area contributed by atoms with Crippen molar-refractivity contribution < 1.29 is 17.9 Å². The molecule has 1 saturated carbocycles. The Hall–Kier alpha value is -1.44. The molecule has 0 aliphatic heterocycles. The molecule has 2 rings (SSSR count). The molecule has 0 unspecified atom stereocenters. The van der Waals surface area contributed by atoms with Gasteiger partial charge in [-0.15, -0.1) is 0 Å². The molecular formula is C15H22N2O4S. The van der Waals surface area contributed by atoms with Crippen molar-refractivity contribution in [3.05, 3.63) is 29.3 Å². The average Bonchev–Trinajstić information content (AvgIpc) is 2.48. The maximum absolute atomic E-state index is 12.6. The highest BCUT2D eigenvalue weighted by atomic mass is 32.2. The number of hydrogen-bond donors (Lipinski definition) is 2. The predicted octanol–water partition coefficient (Wildman–Crippen LogP) is 1.33. The van der Waals surface area contributed by atoms with Gasteiger partial charge in [0.1, 0.15) is 0 Å². The van der Waals surface area contributed by atoms with Crippen LogP contribution in [0.5, 0.6) is 0 Å². The summed E-state index contributed by atoms with van der Waals surface area (Å²) in [6.07, 6.45) is 3.09. The summed E-state index contributed by atoms with van der Waals surface area (Å²) in [7, 11) is -2.40. The number of rotatable bonds is 4. The molecule has 6 nitrogen and oxygen atoms in total. The lowest BCUT2D eigenvalue weighted by Gasteiger charge is -2.27. The van der Waals surface area contributed by atoms with Gasteiger partial charge in [-0.2, -0.15) is 0 Å². The highest BCUT2D eigenvalue weighted by Crippen LogP contribution is 2.23. The molecule has 1 aromatic carbocycles. The van der Waals surface area contributed by atoms with Gasteiger partial charge in [0.2, 0.25) is 10.0 Å². The fourth-order valence-electron chi connectivity index (χ4n) is 2.76. The van der Waals surface area contributed by atoms with E-state index in [0.717, 1.165) is 25.7 Å². The number of esters is 1.